The van der Waals surface area contributed by atoms with Crippen LogP contribution in [-0.4, -0.2) is 53.6 Å². The Kier molecular flexibility index (Phi) is 6.64. The standard InChI is InChI=1S/C22H30N2O3/c1-2-17-5-7-18(8-6-17)20(25)9-10-21(26)23-15-11-19(12-16-23)22(27)24-13-3-4-14-24/h5-8,19H,2-4,9-16H2,1H3. The molecule has 0 saturated carbocycles. The van der Waals surface area contributed by atoms with Crippen LogP contribution in [0.3, 0.4) is 0 Å². The van der Waals surface area contributed by atoms with Gasteiger partial charge in [0.2, 0.25) is 11.8 Å². The smallest absolute Gasteiger partial charge is 0.225 e. The third-order valence-electron chi connectivity index (χ3n) is 5.86. The second-order valence-electron chi connectivity index (χ2n) is 7.66. The first kappa shape index (κ1) is 19.6. The largest absolute Gasteiger partial charge is 0.343 e. The van der Waals surface area contributed by atoms with Crippen LogP contribution in [0.25, 0.3) is 0 Å². The van der Waals surface area contributed by atoms with Crippen LogP contribution in [0, 0.1) is 5.92 Å². The number of nitrogens with zero attached hydrogens (tertiary/aromatic N) is 2. The van der Waals surface area contributed by atoms with E-state index >= 15 is 0 Å². The number of aryl methyl sites for hydroxylation is 1. The summed E-state index contributed by atoms with van der Waals surface area (Å²) in [6.45, 7) is 5.11. The van der Waals surface area contributed by atoms with E-state index in [0.717, 1.165) is 45.2 Å². The van der Waals surface area contributed by atoms with Crippen molar-refractivity contribution in [2.75, 3.05) is 26.2 Å². The van der Waals surface area contributed by atoms with Crippen molar-refractivity contribution in [3.63, 3.8) is 0 Å². The first-order chi connectivity index (χ1) is 13.1. The number of likely N-dealkylation sites (tertiary alicyclic amines) is 2. The lowest BCUT2D eigenvalue weighted by Crippen LogP contribution is -2.43. The van der Waals surface area contributed by atoms with Gasteiger partial charge < -0.3 is 9.80 Å². The summed E-state index contributed by atoms with van der Waals surface area (Å²) in [6.07, 6.45) is 5.15. The van der Waals surface area contributed by atoms with E-state index in [1.165, 1.54) is 5.56 Å². The van der Waals surface area contributed by atoms with Gasteiger partial charge in [-0.15, -0.1) is 0 Å². The van der Waals surface area contributed by atoms with Crippen LogP contribution in [0.15, 0.2) is 24.3 Å². The Labute approximate surface area is 161 Å². The zero-order chi connectivity index (χ0) is 19.2. The first-order valence-electron chi connectivity index (χ1n) is 10.3. The quantitative estimate of drug-likeness (QED) is 0.723. The molecule has 2 aliphatic heterocycles. The average Bonchev–Trinajstić information content (AvgIpc) is 3.26. The Bertz CT molecular complexity index is 669. The molecule has 5 heteroatoms. The van der Waals surface area contributed by atoms with Crippen molar-refractivity contribution < 1.29 is 14.4 Å². The van der Waals surface area contributed by atoms with Gasteiger partial charge in [-0.05, 0) is 37.7 Å². The predicted molar refractivity (Wildman–Crippen MR) is 105 cm³/mol. The lowest BCUT2D eigenvalue weighted by atomic mass is 9.95. The van der Waals surface area contributed by atoms with Crippen LogP contribution < -0.4 is 0 Å². The fraction of sp³-hybridized carbons (Fsp3) is 0.591. The number of rotatable bonds is 6. The van der Waals surface area contributed by atoms with Crippen molar-refractivity contribution >= 4 is 17.6 Å². The molecule has 0 radical (unpaired) electrons. The van der Waals surface area contributed by atoms with Gasteiger partial charge in [-0.2, -0.15) is 0 Å². The van der Waals surface area contributed by atoms with Crippen LogP contribution in [0.4, 0.5) is 0 Å². The molecule has 0 spiro atoms. The van der Waals surface area contributed by atoms with Gasteiger partial charge in [0.25, 0.3) is 0 Å². The average molecular weight is 370 g/mol. The third kappa shape index (κ3) is 4.96. The molecule has 27 heavy (non-hydrogen) atoms. The molecule has 1 aromatic rings. The molecule has 2 amide bonds. The fourth-order valence-electron chi connectivity index (χ4n) is 4.02. The van der Waals surface area contributed by atoms with Crippen molar-refractivity contribution in [1.82, 2.24) is 9.80 Å². The van der Waals surface area contributed by atoms with Crippen molar-refractivity contribution in [1.29, 1.82) is 0 Å². The van der Waals surface area contributed by atoms with Gasteiger partial charge in [0, 0.05) is 50.5 Å². The van der Waals surface area contributed by atoms with Crippen LogP contribution in [-0.2, 0) is 16.0 Å². The summed E-state index contributed by atoms with van der Waals surface area (Å²) in [4.78, 5) is 41.0. The van der Waals surface area contributed by atoms with E-state index in [4.69, 9.17) is 0 Å². The first-order valence-corrected chi connectivity index (χ1v) is 10.3. The Morgan fingerprint density at radius 2 is 1.52 bits per heavy atom. The zero-order valence-electron chi connectivity index (χ0n) is 16.3. The number of hydrogen-bond donors (Lipinski definition) is 0. The maximum absolute atomic E-state index is 12.5. The monoisotopic (exact) mass is 370 g/mol. The van der Waals surface area contributed by atoms with Gasteiger partial charge >= 0.3 is 0 Å². The van der Waals surface area contributed by atoms with E-state index in [1.807, 2.05) is 34.1 Å². The maximum atomic E-state index is 12.5. The summed E-state index contributed by atoms with van der Waals surface area (Å²) < 4.78 is 0. The van der Waals surface area contributed by atoms with E-state index in [2.05, 4.69) is 6.92 Å². The summed E-state index contributed by atoms with van der Waals surface area (Å²) in [5.74, 6) is 0.377. The Hall–Kier alpha value is -2.17. The topological polar surface area (TPSA) is 57.7 Å². The fourth-order valence-corrected chi connectivity index (χ4v) is 4.02. The highest BCUT2D eigenvalue weighted by atomic mass is 16.2. The van der Waals surface area contributed by atoms with E-state index in [9.17, 15) is 14.4 Å². The molecule has 0 aliphatic carbocycles. The van der Waals surface area contributed by atoms with E-state index in [-0.39, 0.29) is 36.4 Å². The minimum absolute atomic E-state index is 0.0186. The summed E-state index contributed by atoms with van der Waals surface area (Å²) in [5.41, 5.74) is 1.88. The van der Waals surface area contributed by atoms with Crippen LogP contribution in [0.5, 0.6) is 0 Å². The lowest BCUT2D eigenvalue weighted by Gasteiger charge is -2.33. The molecule has 2 fully saturated rings. The second-order valence-corrected chi connectivity index (χ2v) is 7.66. The highest BCUT2D eigenvalue weighted by molar-refractivity contribution is 5.98. The number of Topliss-reactive ketones (excluding diaryl/α,β-unsaturated/α-hetero) is 1. The molecule has 1 aromatic carbocycles. The molecule has 2 aliphatic rings. The molecule has 2 saturated heterocycles. The number of ketones is 1. The van der Waals surface area contributed by atoms with Gasteiger partial charge in [-0.25, -0.2) is 0 Å². The molecular formula is C22H30N2O3. The van der Waals surface area contributed by atoms with Crippen LogP contribution in [0.1, 0.15) is 61.4 Å². The zero-order valence-corrected chi connectivity index (χ0v) is 16.3. The van der Waals surface area contributed by atoms with Gasteiger partial charge in [-0.3, -0.25) is 14.4 Å². The van der Waals surface area contributed by atoms with E-state index < -0.39 is 0 Å². The number of carbonyl (C=O) groups excluding carboxylic acids is 3. The van der Waals surface area contributed by atoms with Gasteiger partial charge in [-0.1, -0.05) is 31.2 Å². The molecule has 0 aromatic heterocycles. The van der Waals surface area contributed by atoms with E-state index in [1.54, 1.807) is 0 Å². The number of piperidine rings is 1. The molecule has 3 rings (SSSR count). The van der Waals surface area contributed by atoms with Gasteiger partial charge in [0.15, 0.2) is 5.78 Å². The van der Waals surface area contributed by atoms with Gasteiger partial charge in [0.05, 0.1) is 0 Å². The molecule has 2 heterocycles. The molecule has 5 nitrogen and oxygen atoms in total. The second kappa shape index (κ2) is 9.16. The Balaban J connectivity index is 1.42. The summed E-state index contributed by atoms with van der Waals surface area (Å²) in [7, 11) is 0. The molecule has 0 atom stereocenters. The maximum Gasteiger partial charge on any atom is 0.225 e. The summed E-state index contributed by atoms with van der Waals surface area (Å²) >= 11 is 0. The Morgan fingerprint density at radius 1 is 0.889 bits per heavy atom. The van der Waals surface area contributed by atoms with Crippen LogP contribution >= 0.6 is 0 Å². The molecule has 0 bridgehead atoms. The van der Waals surface area contributed by atoms with Crippen LogP contribution in [0.2, 0.25) is 0 Å². The minimum atomic E-state index is 0.0186. The highest BCUT2D eigenvalue weighted by Crippen LogP contribution is 2.22. The number of carbonyl (C=O) groups is 3. The third-order valence-corrected chi connectivity index (χ3v) is 5.86. The SMILES string of the molecule is CCc1ccc(C(=O)CCC(=O)N2CCC(C(=O)N3CCCC3)CC2)cc1. The molecule has 146 valence electrons. The van der Waals surface area contributed by atoms with E-state index in [0.29, 0.717) is 18.7 Å². The number of hydrogen-bond acceptors (Lipinski definition) is 3. The molecular weight excluding hydrogens is 340 g/mol. The Morgan fingerprint density at radius 3 is 2.11 bits per heavy atom. The highest BCUT2D eigenvalue weighted by Gasteiger charge is 2.31. The van der Waals surface area contributed by atoms with Gasteiger partial charge in [0.1, 0.15) is 0 Å². The normalized spacial score (nSPS) is 18.0. The van der Waals surface area contributed by atoms with Crippen molar-refractivity contribution in [3.05, 3.63) is 35.4 Å². The van der Waals surface area contributed by atoms with Crippen molar-refractivity contribution in [2.24, 2.45) is 5.92 Å². The number of benzene rings is 1. The lowest BCUT2D eigenvalue weighted by molar-refractivity contribution is -0.140. The minimum Gasteiger partial charge on any atom is -0.343 e. The number of amides is 2. The molecule has 0 N–H and O–H groups in total. The molecule has 0 unspecified atom stereocenters. The summed E-state index contributed by atoms with van der Waals surface area (Å²) in [5, 5.41) is 0. The summed E-state index contributed by atoms with van der Waals surface area (Å²) in [6, 6.07) is 7.64. The van der Waals surface area contributed by atoms with Crippen molar-refractivity contribution in [3.8, 4) is 0 Å². The predicted octanol–water partition coefficient (Wildman–Crippen LogP) is 3.07. The van der Waals surface area contributed by atoms with Crippen molar-refractivity contribution in [2.45, 2.75) is 51.9 Å².